The van der Waals surface area contributed by atoms with Gasteiger partial charge >= 0.3 is 5.97 Å². The standard InChI is InChI=1S/C22H25NO3/c1-14-11-15(2)18(16(3)12-14)9-10-23-21(25)22(4)13-17-7-5-6-8-19(17)20(24)26-22/h5-8,11-12H,9-10,13H2,1-4H3,(H,23,25). The van der Waals surface area contributed by atoms with Crippen LogP contribution in [-0.4, -0.2) is 24.0 Å². The van der Waals surface area contributed by atoms with E-state index < -0.39 is 11.6 Å². The molecule has 4 heteroatoms. The molecule has 3 rings (SSSR count). The maximum atomic E-state index is 12.7. The van der Waals surface area contributed by atoms with Gasteiger partial charge in [-0.15, -0.1) is 0 Å². The van der Waals surface area contributed by atoms with Crippen molar-refractivity contribution in [2.45, 2.75) is 46.1 Å². The number of carbonyl (C=O) groups excluding carboxylic acids is 2. The Morgan fingerprint density at radius 2 is 1.81 bits per heavy atom. The van der Waals surface area contributed by atoms with Crippen molar-refractivity contribution in [1.82, 2.24) is 5.32 Å². The first kappa shape index (κ1) is 18.2. The quantitative estimate of drug-likeness (QED) is 0.859. The molecule has 4 nitrogen and oxygen atoms in total. The average Bonchev–Trinajstić information content (AvgIpc) is 2.56. The summed E-state index contributed by atoms with van der Waals surface area (Å²) in [6.07, 6.45) is 1.15. The molecule has 1 N–H and O–H groups in total. The number of carbonyl (C=O) groups is 2. The number of hydrogen-bond acceptors (Lipinski definition) is 3. The smallest absolute Gasteiger partial charge is 0.339 e. The van der Waals surface area contributed by atoms with Crippen molar-refractivity contribution < 1.29 is 14.3 Å². The lowest BCUT2D eigenvalue weighted by molar-refractivity contribution is -0.139. The molecule has 0 radical (unpaired) electrons. The fourth-order valence-electron chi connectivity index (χ4n) is 3.75. The third-order valence-electron chi connectivity index (χ3n) is 5.06. The minimum Gasteiger partial charge on any atom is -0.445 e. The molecule has 0 bridgehead atoms. The van der Waals surface area contributed by atoms with Gasteiger partial charge in [-0.05, 0) is 62.4 Å². The Labute approximate surface area is 154 Å². The summed E-state index contributed by atoms with van der Waals surface area (Å²) in [4.78, 5) is 24.9. The lowest BCUT2D eigenvalue weighted by Gasteiger charge is -2.33. The summed E-state index contributed by atoms with van der Waals surface area (Å²) in [5.74, 6) is -0.683. The highest BCUT2D eigenvalue weighted by atomic mass is 16.6. The van der Waals surface area contributed by atoms with Gasteiger partial charge in [0.2, 0.25) is 0 Å². The third kappa shape index (κ3) is 3.50. The molecule has 0 fully saturated rings. The summed E-state index contributed by atoms with van der Waals surface area (Å²) >= 11 is 0. The van der Waals surface area contributed by atoms with E-state index in [0.29, 0.717) is 18.5 Å². The van der Waals surface area contributed by atoms with Crippen LogP contribution < -0.4 is 5.32 Å². The van der Waals surface area contributed by atoms with Crippen LogP contribution in [0.15, 0.2) is 36.4 Å². The highest BCUT2D eigenvalue weighted by molar-refractivity contribution is 5.97. The molecule has 26 heavy (non-hydrogen) atoms. The van der Waals surface area contributed by atoms with E-state index in [4.69, 9.17) is 4.74 Å². The first-order valence-electron chi connectivity index (χ1n) is 8.96. The molecule has 0 aliphatic carbocycles. The third-order valence-corrected chi connectivity index (χ3v) is 5.06. The van der Waals surface area contributed by atoms with Gasteiger partial charge in [-0.2, -0.15) is 0 Å². The number of fused-ring (bicyclic) bond motifs is 1. The van der Waals surface area contributed by atoms with Gasteiger partial charge in [0, 0.05) is 13.0 Å². The summed E-state index contributed by atoms with van der Waals surface area (Å²) in [6.45, 7) is 8.47. The predicted octanol–water partition coefficient (Wildman–Crippen LogP) is 3.44. The number of ether oxygens (including phenoxy) is 1. The monoisotopic (exact) mass is 351 g/mol. The second kappa shape index (κ2) is 6.94. The first-order valence-corrected chi connectivity index (χ1v) is 8.96. The van der Waals surface area contributed by atoms with E-state index in [0.717, 1.165) is 12.0 Å². The molecule has 0 saturated heterocycles. The van der Waals surface area contributed by atoms with Gasteiger partial charge in [0.25, 0.3) is 5.91 Å². The van der Waals surface area contributed by atoms with Gasteiger partial charge in [-0.25, -0.2) is 4.79 Å². The molecule has 1 aliphatic rings. The Morgan fingerprint density at radius 3 is 2.50 bits per heavy atom. The van der Waals surface area contributed by atoms with Crippen LogP contribution in [0.3, 0.4) is 0 Å². The second-order valence-electron chi connectivity index (χ2n) is 7.34. The minimum atomic E-state index is -1.16. The largest absolute Gasteiger partial charge is 0.445 e. The normalized spacial score (nSPS) is 18.8. The van der Waals surface area contributed by atoms with Crippen molar-refractivity contribution in [1.29, 1.82) is 0 Å². The molecule has 0 spiro atoms. The number of nitrogens with one attached hydrogen (secondary N) is 1. The predicted molar refractivity (Wildman–Crippen MR) is 101 cm³/mol. The Balaban J connectivity index is 1.67. The molecule has 0 saturated carbocycles. The molecular weight excluding hydrogens is 326 g/mol. The number of cyclic esters (lactones) is 1. The zero-order valence-electron chi connectivity index (χ0n) is 15.8. The Morgan fingerprint density at radius 1 is 1.15 bits per heavy atom. The van der Waals surface area contributed by atoms with E-state index in [1.54, 1.807) is 19.1 Å². The van der Waals surface area contributed by atoms with Gasteiger partial charge in [0.15, 0.2) is 5.60 Å². The minimum absolute atomic E-state index is 0.247. The van der Waals surface area contributed by atoms with Gasteiger partial charge in [-0.1, -0.05) is 35.9 Å². The van der Waals surface area contributed by atoms with Crippen molar-refractivity contribution in [2.75, 3.05) is 6.54 Å². The van der Waals surface area contributed by atoms with E-state index >= 15 is 0 Å². The number of amides is 1. The van der Waals surface area contributed by atoms with Gasteiger partial charge < -0.3 is 10.1 Å². The molecule has 136 valence electrons. The van der Waals surface area contributed by atoms with Crippen LogP contribution in [0.5, 0.6) is 0 Å². The first-order chi connectivity index (χ1) is 12.3. The van der Waals surface area contributed by atoms with Crippen LogP contribution in [0.2, 0.25) is 0 Å². The summed E-state index contributed by atoms with van der Waals surface area (Å²) < 4.78 is 5.48. The lowest BCUT2D eigenvalue weighted by atomic mass is 9.89. The molecule has 1 atom stereocenters. The van der Waals surface area contributed by atoms with Crippen molar-refractivity contribution in [3.63, 3.8) is 0 Å². The second-order valence-corrected chi connectivity index (χ2v) is 7.34. The SMILES string of the molecule is Cc1cc(C)c(CCNC(=O)C2(C)Cc3ccccc3C(=O)O2)c(C)c1. The van der Waals surface area contributed by atoms with Crippen LogP contribution >= 0.6 is 0 Å². The molecule has 0 aromatic heterocycles. The average molecular weight is 351 g/mol. The molecule has 2 aromatic rings. The van der Waals surface area contributed by atoms with Gasteiger partial charge in [0.05, 0.1) is 5.56 Å². The van der Waals surface area contributed by atoms with E-state index in [1.807, 2.05) is 12.1 Å². The van der Waals surface area contributed by atoms with E-state index in [9.17, 15) is 9.59 Å². The summed E-state index contributed by atoms with van der Waals surface area (Å²) in [7, 11) is 0. The van der Waals surface area contributed by atoms with Crippen molar-refractivity contribution in [2.24, 2.45) is 0 Å². The number of esters is 1. The zero-order valence-corrected chi connectivity index (χ0v) is 15.8. The molecular formula is C22H25NO3. The fraction of sp³-hybridized carbons (Fsp3) is 0.364. The van der Waals surface area contributed by atoms with Gasteiger partial charge in [-0.3, -0.25) is 4.79 Å². The Hall–Kier alpha value is -2.62. The van der Waals surface area contributed by atoms with Crippen molar-refractivity contribution in [3.8, 4) is 0 Å². The number of hydrogen-bond donors (Lipinski definition) is 1. The van der Waals surface area contributed by atoms with Crippen LogP contribution in [0, 0.1) is 20.8 Å². The Kier molecular flexibility index (Phi) is 4.86. The summed E-state index contributed by atoms with van der Waals surface area (Å²) in [5, 5.41) is 2.95. The molecule has 1 unspecified atom stereocenters. The van der Waals surface area contributed by atoms with E-state index in [2.05, 4.69) is 38.2 Å². The zero-order chi connectivity index (χ0) is 18.9. The molecule has 1 heterocycles. The highest BCUT2D eigenvalue weighted by Gasteiger charge is 2.42. The Bertz CT molecular complexity index is 848. The maximum Gasteiger partial charge on any atom is 0.339 e. The topological polar surface area (TPSA) is 55.4 Å². The number of rotatable bonds is 4. The van der Waals surface area contributed by atoms with Crippen LogP contribution in [0.1, 0.15) is 45.1 Å². The van der Waals surface area contributed by atoms with Crippen molar-refractivity contribution in [3.05, 3.63) is 69.8 Å². The van der Waals surface area contributed by atoms with Crippen LogP contribution in [-0.2, 0) is 22.4 Å². The molecule has 1 amide bonds. The van der Waals surface area contributed by atoms with Gasteiger partial charge in [0.1, 0.15) is 0 Å². The summed E-state index contributed by atoms with van der Waals surface area (Å²) in [6, 6.07) is 11.6. The fourth-order valence-corrected chi connectivity index (χ4v) is 3.75. The molecule has 1 aliphatic heterocycles. The lowest BCUT2D eigenvalue weighted by Crippen LogP contribution is -2.52. The van der Waals surface area contributed by atoms with E-state index in [1.165, 1.54) is 22.3 Å². The summed E-state index contributed by atoms with van der Waals surface area (Å²) in [5.41, 5.74) is 5.21. The number of aryl methyl sites for hydroxylation is 3. The van der Waals surface area contributed by atoms with E-state index in [-0.39, 0.29) is 5.91 Å². The molecule has 2 aromatic carbocycles. The highest BCUT2D eigenvalue weighted by Crippen LogP contribution is 2.28. The van der Waals surface area contributed by atoms with Crippen LogP contribution in [0.25, 0.3) is 0 Å². The number of benzene rings is 2. The maximum absolute atomic E-state index is 12.7. The van der Waals surface area contributed by atoms with Crippen molar-refractivity contribution >= 4 is 11.9 Å². The van der Waals surface area contributed by atoms with Crippen LogP contribution in [0.4, 0.5) is 0 Å².